The lowest BCUT2D eigenvalue weighted by molar-refractivity contribution is 0.164. The number of aromatic nitrogens is 3. The summed E-state index contributed by atoms with van der Waals surface area (Å²) in [6, 6.07) is 5.71. The Morgan fingerprint density at radius 2 is 2.21 bits per heavy atom. The molecule has 0 spiro atoms. The van der Waals surface area contributed by atoms with E-state index >= 15 is 0 Å². The number of rotatable bonds is 6. The molecule has 1 N–H and O–H groups in total. The molecule has 2 heterocycles. The summed E-state index contributed by atoms with van der Waals surface area (Å²) in [5.41, 5.74) is 2.14. The Bertz CT molecular complexity index is 508. The van der Waals surface area contributed by atoms with Crippen LogP contribution in [0.5, 0.6) is 5.88 Å². The number of methoxy groups -OCH3 is 1. The standard InChI is InChI=1S/C14H19N3O2/c1-17-12(7-8-16-17)4-5-13(18)9-11-3-6-14(19-2)15-10-11/h3,6-8,10,13,18H,4-5,9H2,1-2H3. The summed E-state index contributed by atoms with van der Waals surface area (Å²) in [6.45, 7) is 0. The summed E-state index contributed by atoms with van der Waals surface area (Å²) < 4.78 is 6.84. The molecule has 0 aromatic carbocycles. The van der Waals surface area contributed by atoms with E-state index < -0.39 is 0 Å². The molecular weight excluding hydrogens is 242 g/mol. The van der Waals surface area contributed by atoms with Gasteiger partial charge in [-0.05, 0) is 30.9 Å². The van der Waals surface area contributed by atoms with Gasteiger partial charge in [0.15, 0.2) is 0 Å². The molecule has 2 aromatic rings. The van der Waals surface area contributed by atoms with E-state index in [-0.39, 0.29) is 6.10 Å². The number of aliphatic hydroxyl groups excluding tert-OH is 1. The minimum atomic E-state index is -0.370. The maximum atomic E-state index is 10.0. The molecule has 5 heteroatoms. The highest BCUT2D eigenvalue weighted by Gasteiger charge is 2.08. The molecule has 5 nitrogen and oxygen atoms in total. The Morgan fingerprint density at radius 3 is 2.79 bits per heavy atom. The van der Waals surface area contributed by atoms with E-state index in [0.29, 0.717) is 18.7 Å². The van der Waals surface area contributed by atoms with Gasteiger partial charge in [-0.25, -0.2) is 4.98 Å². The summed E-state index contributed by atoms with van der Waals surface area (Å²) in [5.74, 6) is 0.591. The first-order valence-electron chi connectivity index (χ1n) is 6.33. The third-order valence-electron chi connectivity index (χ3n) is 3.13. The summed E-state index contributed by atoms with van der Waals surface area (Å²) in [6.07, 6.45) is 5.29. The van der Waals surface area contributed by atoms with Crippen LogP contribution in [0.25, 0.3) is 0 Å². The molecule has 19 heavy (non-hydrogen) atoms. The third kappa shape index (κ3) is 3.79. The van der Waals surface area contributed by atoms with Crippen LogP contribution in [-0.2, 0) is 19.9 Å². The van der Waals surface area contributed by atoms with Gasteiger partial charge in [-0.2, -0.15) is 5.10 Å². The topological polar surface area (TPSA) is 60.2 Å². The van der Waals surface area contributed by atoms with Gasteiger partial charge in [0, 0.05) is 31.2 Å². The Hall–Kier alpha value is -1.88. The fourth-order valence-electron chi connectivity index (χ4n) is 1.99. The third-order valence-corrected chi connectivity index (χ3v) is 3.13. The van der Waals surface area contributed by atoms with Crippen molar-refractivity contribution < 1.29 is 9.84 Å². The fraction of sp³-hybridized carbons (Fsp3) is 0.429. The molecule has 2 aromatic heterocycles. The van der Waals surface area contributed by atoms with Crippen LogP contribution < -0.4 is 4.74 Å². The average Bonchev–Trinajstić information content (AvgIpc) is 2.83. The van der Waals surface area contributed by atoms with Gasteiger partial charge in [0.1, 0.15) is 0 Å². The normalized spacial score (nSPS) is 12.4. The summed E-state index contributed by atoms with van der Waals surface area (Å²) in [5, 5.41) is 14.1. The number of pyridine rings is 1. The number of aliphatic hydroxyl groups is 1. The van der Waals surface area contributed by atoms with Crippen molar-refractivity contribution in [2.45, 2.75) is 25.4 Å². The largest absolute Gasteiger partial charge is 0.481 e. The molecule has 1 atom stereocenters. The number of nitrogens with zero attached hydrogens (tertiary/aromatic N) is 3. The van der Waals surface area contributed by atoms with E-state index in [1.807, 2.05) is 29.9 Å². The highest BCUT2D eigenvalue weighted by molar-refractivity contribution is 5.18. The first kappa shape index (κ1) is 13.5. The van der Waals surface area contributed by atoms with E-state index in [2.05, 4.69) is 10.1 Å². The summed E-state index contributed by atoms with van der Waals surface area (Å²) >= 11 is 0. The second kappa shape index (κ2) is 6.33. The Kier molecular flexibility index (Phi) is 4.52. The van der Waals surface area contributed by atoms with Crippen LogP contribution in [0.4, 0.5) is 0 Å². The monoisotopic (exact) mass is 261 g/mol. The second-order valence-electron chi connectivity index (χ2n) is 4.55. The average molecular weight is 261 g/mol. The van der Waals surface area contributed by atoms with Crippen molar-refractivity contribution in [1.82, 2.24) is 14.8 Å². The Morgan fingerprint density at radius 1 is 1.37 bits per heavy atom. The minimum absolute atomic E-state index is 0.370. The number of hydrogen-bond donors (Lipinski definition) is 1. The van der Waals surface area contributed by atoms with E-state index in [0.717, 1.165) is 17.7 Å². The molecule has 0 radical (unpaired) electrons. The zero-order valence-electron chi connectivity index (χ0n) is 11.3. The van der Waals surface area contributed by atoms with Crippen LogP contribution in [0.3, 0.4) is 0 Å². The smallest absolute Gasteiger partial charge is 0.212 e. The lowest BCUT2D eigenvalue weighted by Crippen LogP contribution is -2.13. The molecule has 0 amide bonds. The van der Waals surface area contributed by atoms with Crippen molar-refractivity contribution in [3.63, 3.8) is 0 Å². The molecule has 1 unspecified atom stereocenters. The second-order valence-corrected chi connectivity index (χ2v) is 4.55. The molecule has 102 valence electrons. The maximum absolute atomic E-state index is 10.0. The maximum Gasteiger partial charge on any atom is 0.212 e. The molecule has 0 aliphatic carbocycles. The van der Waals surface area contributed by atoms with Crippen molar-refractivity contribution in [2.24, 2.45) is 7.05 Å². The lowest BCUT2D eigenvalue weighted by Gasteiger charge is -2.10. The number of ether oxygens (including phenoxy) is 1. The SMILES string of the molecule is COc1ccc(CC(O)CCc2ccnn2C)cn1. The van der Waals surface area contributed by atoms with E-state index in [9.17, 15) is 5.11 Å². The highest BCUT2D eigenvalue weighted by Crippen LogP contribution is 2.11. The molecule has 0 fully saturated rings. The molecule has 0 bridgehead atoms. The van der Waals surface area contributed by atoms with E-state index in [1.165, 1.54) is 0 Å². The quantitative estimate of drug-likeness (QED) is 0.853. The van der Waals surface area contributed by atoms with Gasteiger partial charge in [-0.3, -0.25) is 4.68 Å². The Balaban J connectivity index is 1.83. The lowest BCUT2D eigenvalue weighted by atomic mass is 10.0. The van der Waals surface area contributed by atoms with Gasteiger partial charge in [0.05, 0.1) is 13.2 Å². The summed E-state index contributed by atoms with van der Waals surface area (Å²) in [4.78, 5) is 4.13. The van der Waals surface area contributed by atoms with Crippen molar-refractivity contribution in [3.8, 4) is 5.88 Å². The van der Waals surface area contributed by atoms with Crippen LogP contribution in [0, 0.1) is 0 Å². The molecule has 2 rings (SSSR count). The van der Waals surface area contributed by atoms with Crippen LogP contribution in [-0.4, -0.2) is 33.1 Å². The van der Waals surface area contributed by atoms with Gasteiger partial charge >= 0.3 is 0 Å². The molecular formula is C14H19N3O2. The van der Waals surface area contributed by atoms with Crippen molar-refractivity contribution in [3.05, 3.63) is 41.9 Å². The minimum Gasteiger partial charge on any atom is -0.481 e. The van der Waals surface area contributed by atoms with Crippen molar-refractivity contribution in [1.29, 1.82) is 0 Å². The van der Waals surface area contributed by atoms with Crippen LogP contribution in [0.1, 0.15) is 17.7 Å². The van der Waals surface area contributed by atoms with Crippen molar-refractivity contribution in [2.75, 3.05) is 7.11 Å². The van der Waals surface area contributed by atoms with Crippen LogP contribution >= 0.6 is 0 Å². The fourth-order valence-corrected chi connectivity index (χ4v) is 1.99. The Labute approximate surface area is 112 Å². The van der Waals surface area contributed by atoms with Crippen LogP contribution in [0.2, 0.25) is 0 Å². The molecule has 0 aliphatic rings. The zero-order chi connectivity index (χ0) is 13.7. The molecule has 0 saturated heterocycles. The van der Waals surface area contributed by atoms with Gasteiger partial charge in [-0.15, -0.1) is 0 Å². The number of aryl methyl sites for hydroxylation is 2. The van der Waals surface area contributed by atoms with Gasteiger partial charge in [-0.1, -0.05) is 6.07 Å². The van der Waals surface area contributed by atoms with Gasteiger partial charge in [0.2, 0.25) is 5.88 Å². The first-order valence-corrected chi connectivity index (χ1v) is 6.33. The van der Waals surface area contributed by atoms with E-state index in [1.54, 1.807) is 19.5 Å². The van der Waals surface area contributed by atoms with Gasteiger partial charge < -0.3 is 9.84 Å². The van der Waals surface area contributed by atoms with Crippen LogP contribution in [0.15, 0.2) is 30.6 Å². The molecule has 0 aliphatic heterocycles. The highest BCUT2D eigenvalue weighted by atomic mass is 16.5. The summed E-state index contributed by atoms with van der Waals surface area (Å²) in [7, 11) is 3.50. The predicted octanol–water partition coefficient (Wildman–Crippen LogP) is 1.36. The van der Waals surface area contributed by atoms with E-state index in [4.69, 9.17) is 4.74 Å². The predicted molar refractivity (Wildman–Crippen MR) is 72.0 cm³/mol. The molecule has 0 saturated carbocycles. The zero-order valence-corrected chi connectivity index (χ0v) is 11.3. The first-order chi connectivity index (χ1) is 9.19. The van der Waals surface area contributed by atoms with Crippen molar-refractivity contribution >= 4 is 0 Å². The van der Waals surface area contributed by atoms with Gasteiger partial charge in [0.25, 0.3) is 0 Å². The number of hydrogen-bond acceptors (Lipinski definition) is 4.